The number of carbonyl (C=O) groups excluding carboxylic acids is 1. The quantitative estimate of drug-likeness (QED) is 0.820. The molecule has 0 unspecified atom stereocenters. The second-order valence-electron chi connectivity index (χ2n) is 4.87. The van der Waals surface area contributed by atoms with E-state index in [4.69, 9.17) is 0 Å². The van der Waals surface area contributed by atoms with Gasteiger partial charge in [0.2, 0.25) is 0 Å². The first kappa shape index (κ1) is 15.6. The van der Waals surface area contributed by atoms with Crippen molar-refractivity contribution in [3.8, 4) is 5.75 Å². The third-order valence-electron chi connectivity index (χ3n) is 3.36. The first-order valence-electron chi connectivity index (χ1n) is 6.26. The second kappa shape index (κ2) is 5.88. The number of carbonyl (C=O) groups is 1. The van der Waals surface area contributed by atoms with E-state index in [1.165, 1.54) is 0 Å². The molecule has 0 bridgehead atoms. The molecule has 1 aromatic rings. The number of halogens is 4. The van der Waals surface area contributed by atoms with Crippen LogP contribution in [0.25, 0.3) is 0 Å². The Morgan fingerprint density at radius 2 is 2.05 bits per heavy atom. The summed E-state index contributed by atoms with van der Waals surface area (Å²) in [5.41, 5.74) is -2.09. The van der Waals surface area contributed by atoms with Crippen molar-refractivity contribution < 1.29 is 32.2 Å². The van der Waals surface area contributed by atoms with Crippen LogP contribution in [0.1, 0.15) is 29.6 Å². The van der Waals surface area contributed by atoms with Crippen LogP contribution in [-0.2, 0) is 0 Å². The molecule has 1 fully saturated rings. The minimum absolute atomic E-state index is 0.162. The molecule has 1 aliphatic rings. The molecule has 21 heavy (non-hydrogen) atoms. The topological polar surface area (TPSA) is 58.6 Å². The number of nitrogens with one attached hydrogen (secondary N) is 1. The van der Waals surface area contributed by atoms with E-state index in [1.54, 1.807) is 0 Å². The van der Waals surface area contributed by atoms with Crippen molar-refractivity contribution in [3.63, 3.8) is 0 Å². The van der Waals surface area contributed by atoms with Crippen LogP contribution in [0.15, 0.2) is 12.1 Å². The van der Waals surface area contributed by atoms with Gasteiger partial charge < -0.3 is 15.2 Å². The van der Waals surface area contributed by atoms with Gasteiger partial charge in [-0.15, -0.1) is 0 Å². The summed E-state index contributed by atoms with van der Waals surface area (Å²) in [4.78, 5) is 11.8. The van der Waals surface area contributed by atoms with Crippen LogP contribution >= 0.6 is 0 Å². The van der Waals surface area contributed by atoms with Crippen molar-refractivity contribution in [1.82, 2.24) is 5.32 Å². The zero-order valence-corrected chi connectivity index (χ0v) is 10.8. The van der Waals surface area contributed by atoms with E-state index < -0.39 is 41.1 Å². The number of rotatable bonds is 5. The Morgan fingerprint density at radius 3 is 2.57 bits per heavy atom. The van der Waals surface area contributed by atoms with Crippen molar-refractivity contribution in [3.05, 3.63) is 29.3 Å². The van der Waals surface area contributed by atoms with Crippen LogP contribution in [-0.4, -0.2) is 29.8 Å². The standard InChI is InChI=1S/C13H13F4NO3/c14-7-2-3-8(21-12(16)17)10(15)9(7)11(19)18-6-13(20)4-1-5-13/h2-3,12,20H,1,4-6H2,(H,18,19). The zero-order chi connectivity index (χ0) is 15.6. The SMILES string of the molecule is O=C(NCC1(O)CCC1)c1c(F)ccc(OC(F)F)c1F. The maximum absolute atomic E-state index is 13.8. The number of hydrogen-bond acceptors (Lipinski definition) is 3. The Balaban J connectivity index is 2.15. The molecular formula is C13H13F4NO3. The summed E-state index contributed by atoms with van der Waals surface area (Å²) in [5, 5.41) is 12.0. The summed E-state index contributed by atoms with van der Waals surface area (Å²) in [5.74, 6) is -4.76. The molecule has 0 aliphatic heterocycles. The molecule has 0 aromatic heterocycles. The highest BCUT2D eigenvalue weighted by Gasteiger charge is 2.35. The smallest absolute Gasteiger partial charge is 0.387 e. The number of amides is 1. The number of ether oxygens (including phenoxy) is 1. The van der Waals surface area contributed by atoms with Gasteiger partial charge in [-0.25, -0.2) is 8.78 Å². The summed E-state index contributed by atoms with van der Waals surface area (Å²) in [6.45, 7) is -3.46. The molecule has 0 atom stereocenters. The van der Waals surface area contributed by atoms with Crippen LogP contribution in [0.3, 0.4) is 0 Å². The Bertz CT molecular complexity index is 546. The fourth-order valence-corrected chi connectivity index (χ4v) is 2.02. The van der Waals surface area contributed by atoms with Gasteiger partial charge in [0.25, 0.3) is 5.91 Å². The van der Waals surface area contributed by atoms with Crippen molar-refractivity contribution in [2.24, 2.45) is 0 Å². The maximum Gasteiger partial charge on any atom is 0.387 e. The summed E-state index contributed by atoms with van der Waals surface area (Å²) >= 11 is 0. The third-order valence-corrected chi connectivity index (χ3v) is 3.36. The Morgan fingerprint density at radius 1 is 1.38 bits per heavy atom. The van der Waals surface area contributed by atoms with E-state index in [0.29, 0.717) is 25.0 Å². The molecule has 0 heterocycles. The van der Waals surface area contributed by atoms with E-state index in [9.17, 15) is 27.5 Å². The van der Waals surface area contributed by atoms with Crippen molar-refractivity contribution >= 4 is 5.91 Å². The molecule has 4 nitrogen and oxygen atoms in total. The molecule has 0 saturated heterocycles. The van der Waals surface area contributed by atoms with Crippen molar-refractivity contribution in [2.45, 2.75) is 31.5 Å². The predicted octanol–water partition coefficient (Wildman–Crippen LogP) is 2.21. The lowest BCUT2D eigenvalue weighted by atomic mass is 9.80. The molecule has 1 aromatic carbocycles. The molecule has 2 N–H and O–H groups in total. The average molecular weight is 307 g/mol. The average Bonchev–Trinajstić information content (AvgIpc) is 2.37. The number of alkyl halides is 2. The molecule has 116 valence electrons. The number of aliphatic hydroxyl groups is 1. The van der Waals surface area contributed by atoms with Gasteiger partial charge in [0.1, 0.15) is 11.4 Å². The Labute approximate surface area is 117 Å². The highest BCUT2D eigenvalue weighted by molar-refractivity contribution is 5.95. The summed E-state index contributed by atoms with van der Waals surface area (Å²) in [6, 6.07) is 1.33. The van der Waals surface area contributed by atoms with Crippen LogP contribution in [0.5, 0.6) is 5.75 Å². The van der Waals surface area contributed by atoms with Crippen LogP contribution in [0.2, 0.25) is 0 Å². The van der Waals surface area contributed by atoms with E-state index in [2.05, 4.69) is 10.1 Å². The minimum atomic E-state index is -3.29. The molecule has 1 aliphatic carbocycles. The molecule has 0 radical (unpaired) electrons. The summed E-state index contributed by atoms with van der Waals surface area (Å²) in [6.07, 6.45) is 1.76. The lowest BCUT2D eigenvalue weighted by Gasteiger charge is -2.36. The highest BCUT2D eigenvalue weighted by Crippen LogP contribution is 2.31. The third kappa shape index (κ3) is 3.44. The Hall–Kier alpha value is -1.83. The summed E-state index contributed by atoms with van der Waals surface area (Å²) < 4.78 is 55.4. The fraction of sp³-hybridized carbons (Fsp3) is 0.462. The molecule has 2 rings (SSSR count). The first-order valence-corrected chi connectivity index (χ1v) is 6.26. The molecule has 8 heteroatoms. The lowest BCUT2D eigenvalue weighted by molar-refractivity contribution is -0.0523. The van der Waals surface area contributed by atoms with Gasteiger partial charge in [0.15, 0.2) is 11.6 Å². The van der Waals surface area contributed by atoms with Gasteiger partial charge in [-0.3, -0.25) is 4.79 Å². The van der Waals surface area contributed by atoms with Crippen LogP contribution in [0.4, 0.5) is 17.6 Å². The minimum Gasteiger partial charge on any atom is -0.432 e. The first-order chi connectivity index (χ1) is 9.82. The van der Waals surface area contributed by atoms with Crippen LogP contribution < -0.4 is 10.1 Å². The van der Waals surface area contributed by atoms with E-state index in [1.807, 2.05) is 0 Å². The normalized spacial score (nSPS) is 16.5. The molecule has 0 spiro atoms. The monoisotopic (exact) mass is 307 g/mol. The second-order valence-corrected chi connectivity index (χ2v) is 4.87. The van der Waals surface area contributed by atoms with E-state index in [-0.39, 0.29) is 6.54 Å². The number of hydrogen-bond donors (Lipinski definition) is 2. The summed E-state index contributed by atoms with van der Waals surface area (Å²) in [7, 11) is 0. The maximum atomic E-state index is 13.8. The van der Waals surface area contributed by atoms with Gasteiger partial charge in [0, 0.05) is 6.54 Å². The predicted molar refractivity (Wildman–Crippen MR) is 64.1 cm³/mol. The molecule has 1 amide bonds. The fourth-order valence-electron chi connectivity index (χ4n) is 2.02. The highest BCUT2D eigenvalue weighted by atomic mass is 19.3. The largest absolute Gasteiger partial charge is 0.432 e. The van der Waals surface area contributed by atoms with Crippen LogP contribution in [0, 0.1) is 11.6 Å². The van der Waals surface area contributed by atoms with Gasteiger partial charge in [-0.2, -0.15) is 8.78 Å². The number of benzene rings is 1. The van der Waals surface area contributed by atoms with E-state index >= 15 is 0 Å². The molecule has 1 saturated carbocycles. The zero-order valence-electron chi connectivity index (χ0n) is 10.8. The van der Waals surface area contributed by atoms with E-state index in [0.717, 1.165) is 6.42 Å². The Kier molecular flexibility index (Phi) is 4.36. The van der Waals surface area contributed by atoms with Gasteiger partial charge >= 0.3 is 6.61 Å². The van der Waals surface area contributed by atoms with Gasteiger partial charge in [-0.1, -0.05) is 0 Å². The molecular weight excluding hydrogens is 294 g/mol. The van der Waals surface area contributed by atoms with Crippen molar-refractivity contribution in [2.75, 3.05) is 6.54 Å². The van der Waals surface area contributed by atoms with Crippen molar-refractivity contribution in [1.29, 1.82) is 0 Å². The van der Waals surface area contributed by atoms with Gasteiger partial charge in [0.05, 0.1) is 5.60 Å². The van der Waals surface area contributed by atoms with Gasteiger partial charge in [-0.05, 0) is 31.4 Å². The lowest BCUT2D eigenvalue weighted by Crippen LogP contribution is -2.48.